The molecule has 0 heterocycles. The topological polar surface area (TPSA) is 71.2 Å². The second-order valence-electron chi connectivity index (χ2n) is 13.8. The first kappa shape index (κ1) is 32.0. The van der Waals surface area contributed by atoms with Crippen molar-refractivity contribution in [1.29, 1.82) is 0 Å². The maximum atomic E-state index is 13.6. The van der Waals surface area contributed by atoms with Gasteiger partial charge in [-0.25, -0.2) is 9.59 Å². The minimum Gasteiger partial charge on any atom is -0.378 e. The van der Waals surface area contributed by atoms with Crippen LogP contribution >= 0.6 is 0 Å². The molecule has 0 unspecified atom stereocenters. The molecule has 240 valence electrons. The Morgan fingerprint density at radius 3 is 1.16 bits per heavy atom. The van der Waals surface area contributed by atoms with Crippen LogP contribution in [-0.2, 0) is 0 Å². The molecule has 8 heteroatoms. The molecule has 2 N–H and O–H groups in total. The van der Waals surface area contributed by atoms with Crippen LogP contribution in [-0.4, -0.2) is 75.2 Å². The molecule has 0 bridgehead atoms. The van der Waals surface area contributed by atoms with Gasteiger partial charge in [0.1, 0.15) is 0 Å². The average molecular weight is 603 g/mol. The summed E-state index contributed by atoms with van der Waals surface area (Å²) in [6, 6.07) is 16.9. The first-order chi connectivity index (χ1) is 21.3. The van der Waals surface area contributed by atoms with E-state index in [0.29, 0.717) is 23.9 Å². The smallest absolute Gasteiger partial charge is 0.322 e. The quantitative estimate of drug-likeness (QED) is 0.290. The number of hydrogen-bond donors (Lipinski definition) is 2. The van der Waals surface area contributed by atoms with Gasteiger partial charge < -0.3 is 30.2 Å². The normalized spacial score (nSPS) is 20.7. The predicted octanol–water partition coefficient (Wildman–Crippen LogP) is 7.88. The minimum atomic E-state index is 0.0410. The van der Waals surface area contributed by atoms with Crippen molar-refractivity contribution < 1.29 is 9.59 Å². The number of carbonyl (C=O) groups excluding carboxylic acids is 2. The number of urea groups is 2. The third-order valence-electron chi connectivity index (χ3n) is 10.2. The van der Waals surface area contributed by atoms with E-state index in [1.807, 2.05) is 76.7 Å². The molecule has 0 radical (unpaired) electrons. The van der Waals surface area contributed by atoms with Gasteiger partial charge in [-0.1, -0.05) is 25.7 Å². The zero-order valence-corrected chi connectivity index (χ0v) is 27.4. The van der Waals surface area contributed by atoms with E-state index in [1.165, 1.54) is 25.7 Å². The van der Waals surface area contributed by atoms with E-state index in [9.17, 15) is 9.59 Å². The first-order valence-corrected chi connectivity index (χ1v) is 17.0. The highest BCUT2D eigenvalue weighted by Crippen LogP contribution is 2.34. The molecule has 3 saturated carbocycles. The zero-order valence-electron chi connectivity index (χ0n) is 27.4. The summed E-state index contributed by atoms with van der Waals surface area (Å²) in [6.07, 6.45) is 13.7. The minimum absolute atomic E-state index is 0.0410. The molecule has 3 aliphatic carbocycles. The zero-order chi connectivity index (χ0) is 31.1. The third kappa shape index (κ3) is 8.39. The average Bonchev–Trinajstić information content (AvgIpc) is 3.75. The van der Waals surface area contributed by atoms with Crippen molar-refractivity contribution in [3.8, 4) is 0 Å². The number of anilines is 4. The highest BCUT2D eigenvalue weighted by atomic mass is 16.2. The molecule has 5 rings (SSSR count). The Hall–Kier alpha value is -3.42. The predicted molar refractivity (Wildman–Crippen MR) is 183 cm³/mol. The van der Waals surface area contributed by atoms with Crippen LogP contribution in [0.2, 0.25) is 0 Å². The van der Waals surface area contributed by atoms with Crippen LogP contribution in [0.1, 0.15) is 77.0 Å². The Bertz CT molecular complexity index is 1100. The summed E-state index contributed by atoms with van der Waals surface area (Å²) in [5.74, 6) is 1.02. The standard InChI is InChI=1S/C36H54N6O2/c1-39(2)31-21-17-29(18-22-31)37-35(43)41(33-9-5-6-10-33)25-27-13-15-28(16-14-27)26-42(34-11-7-8-12-34)36(44)38-30-19-23-32(24-20-30)40(3)4/h17-24,27-28,33-34H,5-16,25-26H2,1-4H3,(H,37,43)(H,38,44)/t27-,28-. The molecular formula is C36H54N6O2. The van der Waals surface area contributed by atoms with Gasteiger partial charge in [0.2, 0.25) is 0 Å². The van der Waals surface area contributed by atoms with Gasteiger partial charge in [-0.15, -0.1) is 0 Å². The number of amides is 4. The molecule has 0 saturated heterocycles. The molecule has 4 amide bonds. The van der Waals surface area contributed by atoms with E-state index in [0.717, 1.165) is 87.2 Å². The lowest BCUT2D eigenvalue weighted by atomic mass is 9.81. The number of benzene rings is 2. The van der Waals surface area contributed by atoms with Gasteiger partial charge in [-0.2, -0.15) is 0 Å². The van der Waals surface area contributed by atoms with Crippen LogP contribution < -0.4 is 20.4 Å². The summed E-state index contributed by atoms with van der Waals surface area (Å²) in [5, 5.41) is 6.39. The molecule has 3 aliphatic rings. The number of nitrogens with zero attached hydrogens (tertiary/aromatic N) is 4. The van der Waals surface area contributed by atoms with Gasteiger partial charge in [0.15, 0.2) is 0 Å². The molecule has 0 aliphatic heterocycles. The molecule has 2 aromatic carbocycles. The second kappa shape index (κ2) is 15.0. The van der Waals surface area contributed by atoms with Gasteiger partial charge >= 0.3 is 12.1 Å². The molecule has 3 fully saturated rings. The van der Waals surface area contributed by atoms with E-state index in [4.69, 9.17) is 0 Å². The van der Waals surface area contributed by atoms with Crippen molar-refractivity contribution >= 4 is 34.8 Å². The van der Waals surface area contributed by atoms with Gasteiger partial charge in [-0.3, -0.25) is 0 Å². The molecular weight excluding hydrogens is 548 g/mol. The monoisotopic (exact) mass is 602 g/mol. The van der Waals surface area contributed by atoms with Crippen LogP contribution in [0.3, 0.4) is 0 Å². The van der Waals surface area contributed by atoms with Gasteiger partial charge in [0.25, 0.3) is 0 Å². The Kier molecular flexibility index (Phi) is 10.9. The Balaban J connectivity index is 1.16. The number of nitrogens with one attached hydrogen (secondary N) is 2. The molecule has 0 spiro atoms. The lowest BCUT2D eigenvalue weighted by molar-refractivity contribution is 0.134. The summed E-state index contributed by atoms with van der Waals surface area (Å²) in [4.78, 5) is 35.6. The highest BCUT2D eigenvalue weighted by Gasteiger charge is 2.33. The van der Waals surface area contributed by atoms with E-state index >= 15 is 0 Å². The number of hydrogen-bond acceptors (Lipinski definition) is 4. The molecule has 8 nitrogen and oxygen atoms in total. The first-order valence-electron chi connectivity index (χ1n) is 17.0. The van der Waals surface area contributed by atoms with Crippen molar-refractivity contribution in [3.63, 3.8) is 0 Å². The van der Waals surface area contributed by atoms with Gasteiger partial charge in [0, 0.05) is 76.1 Å². The van der Waals surface area contributed by atoms with Gasteiger partial charge in [0.05, 0.1) is 0 Å². The molecule has 2 aromatic rings. The number of rotatable bonds is 10. The highest BCUT2D eigenvalue weighted by molar-refractivity contribution is 5.90. The van der Waals surface area contributed by atoms with E-state index in [-0.39, 0.29) is 12.1 Å². The van der Waals surface area contributed by atoms with Crippen LogP contribution in [0, 0.1) is 11.8 Å². The van der Waals surface area contributed by atoms with Gasteiger partial charge in [-0.05, 0) is 112 Å². The fourth-order valence-electron chi connectivity index (χ4n) is 7.46. The van der Waals surface area contributed by atoms with Crippen molar-refractivity contribution in [1.82, 2.24) is 9.80 Å². The third-order valence-corrected chi connectivity index (χ3v) is 10.2. The maximum absolute atomic E-state index is 13.6. The van der Waals surface area contributed by atoms with Crippen molar-refractivity contribution in [2.75, 3.05) is 61.7 Å². The van der Waals surface area contributed by atoms with Crippen LogP contribution in [0.15, 0.2) is 48.5 Å². The van der Waals surface area contributed by atoms with Crippen molar-refractivity contribution in [2.24, 2.45) is 11.8 Å². The molecule has 0 atom stereocenters. The fourth-order valence-corrected chi connectivity index (χ4v) is 7.46. The summed E-state index contributed by atoms with van der Waals surface area (Å²) in [6.45, 7) is 1.66. The lowest BCUT2D eigenvalue weighted by Gasteiger charge is -2.38. The Labute approximate surface area is 265 Å². The van der Waals surface area contributed by atoms with E-state index < -0.39 is 0 Å². The fraction of sp³-hybridized carbons (Fsp3) is 0.611. The van der Waals surface area contributed by atoms with Crippen LogP contribution in [0.5, 0.6) is 0 Å². The van der Waals surface area contributed by atoms with Crippen molar-refractivity contribution in [2.45, 2.75) is 89.1 Å². The van der Waals surface area contributed by atoms with Crippen molar-refractivity contribution in [3.05, 3.63) is 48.5 Å². The largest absolute Gasteiger partial charge is 0.378 e. The van der Waals surface area contributed by atoms with E-state index in [2.05, 4.69) is 30.2 Å². The summed E-state index contributed by atoms with van der Waals surface area (Å²) in [7, 11) is 8.10. The summed E-state index contributed by atoms with van der Waals surface area (Å²) in [5.41, 5.74) is 3.95. The molecule has 44 heavy (non-hydrogen) atoms. The SMILES string of the molecule is CN(C)c1ccc(NC(=O)N(C[C@H]2CC[C@H](CN(C(=O)Nc3ccc(N(C)C)cc3)C3CCCC3)CC2)C2CCCC2)cc1. The maximum Gasteiger partial charge on any atom is 0.322 e. The lowest BCUT2D eigenvalue weighted by Crippen LogP contribution is -2.46. The number of carbonyl (C=O) groups is 2. The Morgan fingerprint density at radius 2 is 0.864 bits per heavy atom. The summed E-state index contributed by atoms with van der Waals surface area (Å²) < 4.78 is 0. The Morgan fingerprint density at radius 1 is 0.545 bits per heavy atom. The summed E-state index contributed by atoms with van der Waals surface area (Å²) >= 11 is 0. The second-order valence-corrected chi connectivity index (χ2v) is 13.8. The van der Waals surface area contributed by atoms with Crippen LogP contribution in [0.25, 0.3) is 0 Å². The van der Waals surface area contributed by atoms with Crippen LogP contribution in [0.4, 0.5) is 32.3 Å². The van der Waals surface area contributed by atoms with E-state index in [1.54, 1.807) is 0 Å². The molecule has 0 aromatic heterocycles.